The van der Waals surface area contributed by atoms with E-state index in [9.17, 15) is 9.90 Å². The predicted octanol–water partition coefficient (Wildman–Crippen LogP) is 2.79. The second-order valence-electron chi connectivity index (χ2n) is 3.37. The number of rotatable bonds is 3. The van der Waals surface area contributed by atoms with Gasteiger partial charge in [-0.2, -0.15) is 0 Å². The number of carboxylic acids is 1. The highest BCUT2D eigenvalue weighted by atomic mass is 35.5. The van der Waals surface area contributed by atoms with Crippen molar-refractivity contribution in [1.29, 1.82) is 0 Å². The molecule has 1 heterocycles. The Hall–Kier alpha value is -1.59. The summed E-state index contributed by atoms with van der Waals surface area (Å²) >= 11 is 6.73. The number of thiazole rings is 1. The summed E-state index contributed by atoms with van der Waals surface area (Å²) in [5, 5.41) is 19.3. The van der Waals surface area contributed by atoms with Crippen LogP contribution in [0.15, 0.2) is 24.3 Å². The number of hydrogen-bond acceptors (Lipinski definition) is 4. The largest absolute Gasteiger partial charge is 0.492 e. The number of aromatic carboxylic acids is 1. The molecule has 0 amide bonds. The summed E-state index contributed by atoms with van der Waals surface area (Å²) in [6.07, 6.45) is 0.475. The molecule has 17 heavy (non-hydrogen) atoms. The Morgan fingerprint density at radius 2 is 2.00 bits per heavy atom. The van der Waals surface area contributed by atoms with Crippen LogP contribution in [0.25, 0.3) is 0 Å². The van der Waals surface area contributed by atoms with Gasteiger partial charge in [-0.1, -0.05) is 23.7 Å². The molecular formula is C11H8ClNO3S. The molecule has 0 fully saturated rings. The number of halogens is 1. The van der Waals surface area contributed by atoms with Gasteiger partial charge in [0.05, 0.1) is 0 Å². The van der Waals surface area contributed by atoms with Crippen LogP contribution in [0.2, 0.25) is 5.02 Å². The molecular weight excluding hydrogens is 262 g/mol. The van der Waals surface area contributed by atoms with E-state index in [-0.39, 0.29) is 4.88 Å². The molecule has 0 aliphatic heterocycles. The van der Waals surface area contributed by atoms with Crippen LogP contribution in [0.5, 0.6) is 5.88 Å². The Bertz CT molecular complexity index is 550. The molecule has 88 valence electrons. The van der Waals surface area contributed by atoms with Gasteiger partial charge in [0, 0.05) is 11.4 Å². The normalized spacial score (nSPS) is 10.4. The predicted molar refractivity (Wildman–Crippen MR) is 65.0 cm³/mol. The molecule has 2 aromatic rings. The molecule has 0 saturated carbocycles. The topological polar surface area (TPSA) is 70.4 Å². The van der Waals surface area contributed by atoms with Gasteiger partial charge in [-0.3, -0.25) is 0 Å². The standard InChI is InChI=1S/C11H8ClNO3S/c12-7-3-1-6(2-4-7)5-8-13-10(14)9(17-8)11(15)16/h1-4,14H,5H2,(H,15,16). The first-order valence-electron chi connectivity index (χ1n) is 4.72. The summed E-state index contributed by atoms with van der Waals surface area (Å²) in [6, 6.07) is 7.17. The van der Waals surface area contributed by atoms with E-state index in [4.69, 9.17) is 16.7 Å². The molecule has 0 spiro atoms. The maximum atomic E-state index is 10.7. The monoisotopic (exact) mass is 269 g/mol. The van der Waals surface area contributed by atoms with Crippen molar-refractivity contribution in [1.82, 2.24) is 4.98 Å². The Labute approximate surface area is 106 Å². The van der Waals surface area contributed by atoms with Crippen molar-refractivity contribution in [3.63, 3.8) is 0 Å². The third-order valence-electron chi connectivity index (χ3n) is 2.12. The molecule has 0 saturated heterocycles. The van der Waals surface area contributed by atoms with Crippen LogP contribution in [-0.2, 0) is 6.42 Å². The maximum absolute atomic E-state index is 10.7. The molecule has 0 radical (unpaired) electrons. The van der Waals surface area contributed by atoms with Crippen molar-refractivity contribution in [2.75, 3.05) is 0 Å². The van der Waals surface area contributed by atoms with Crippen molar-refractivity contribution in [2.24, 2.45) is 0 Å². The first-order chi connectivity index (χ1) is 8.06. The van der Waals surface area contributed by atoms with Crippen molar-refractivity contribution in [2.45, 2.75) is 6.42 Å². The van der Waals surface area contributed by atoms with E-state index in [0.717, 1.165) is 16.9 Å². The molecule has 0 atom stereocenters. The number of nitrogens with zero attached hydrogens (tertiary/aromatic N) is 1. The van der Waals surface area contributed by atoms with Crippen LogP contribution in [-0.4, -0.2) is 21.2 Å². The third kappa shape index (κ3) is 2.75. The van der Waals surface area contributed by atoms with Crippen molar-refractivity contribution in [3.05, 3.63) is 44.7 Å². The highest BCUT2D eigenvalue weighted by molar-refractivity contribution is 7.13. The number of hydrogen-bond donors (Lipinski definition) is 2. The highest BCUT2D eigenvalue weighted by Crippen LogP contribution is 2.26. The van der Waals surface area contributed by atoms with Crippen LogP contribution >= 0.6 is 22.9 Å². The summed E-state index contributed by atoms with van der Waals surface area (Å²) in [6.45, 7) is 0. The fourth-order valence-corrected chi connectivity index (χ4v) is 2.30. The van der Waals surface area contributed by atoms with E-state index in [1.807, 2.05) is 12.1 Å². The molecule has 1 aromatic carbocycles. The average Bonchev–Trinajstić information content (AvgIpc) is 2.63. The quantitative estimate of drug-likeness (QED) is 0.899. The minimum Gasteiger partial charge on any atom is -0.492 e. The fourth-order valence-electron chi connectivity index (χ4n) is 1.35. The van der Waals surface area contributed by atoms with Crippen LogP contribution in [0.1, 0.15) is 20.2 Å². The SMILES string of the molecule is O=C(O)c1sc(Cc2ccc(Cl)cc2)nc1O. The van der Waals surface area contributed by atoms with Gasteiger partial charge >= 0.3 is 5.97 Å². The minimum atomic E-state index is -1.16. The number of aromatic hydroxyl groups is 1. The second-order valence-corrected chi connectivity index (χ2v) is 4.89. The van der Waals surface area contributed by atoms with Gasteiger partial charge in [-0.25, -0.2) is 9.78 Å². The number of carbonyl (C=O) groups is 1. The number of aromatic nitrogens is 1. The Morgan fingerprint density at radius 1 is 1.35 bits per heavy atom. The Kier molecular flexibility index (Phi) is 3.31. The lowest BCUT2D eigenvalue weighted by Crippen LogP contribution is -1.91. The van der Waals surface area contributed by atoms with Gasteiger partial charge in [0.15, 0.2) is 4.88 Å². The summed E-state index contributed by atoms with van der Waals surface area (Å²) < 4.78 is 0. The summed E-state index contributed by atoms with van der Waals surface area (Å²) in [5.74, 6) is -1.59. The molecule has 6 heteroatoms. The maximum Gasteiger partial charge on any atom is 0.351 e. The number of carboxylic acid groups (broad SMARTS) is 1. The van der Waals surface area contributed by atoms with Crippen molar-refractivity contribution < 1.29 is 15.0 Å². The van der Waals surface area contributed by atoms with Crippen LogP contribution < -0.4 is 0 Å². The van der Waals surface area contributed by atoms with E-state index >= 15 is 0 Å². The zero-order valence-electron chi connectivity index (χ0n) is 8.55. The second kappa shape index (κ2) is 4.73. The molecule has 2 rings (SSSR count). The first kappa shape index (κ1) is 11.9. The van der Waals surface area contributed by atoms with Crippen molar-refractivity contribution in [3.8, 4) is 5.88 Å². The lowest BCUT2D eigenvalue weighted by atomic mass is 10.2. The van der Waals surface area contributed by atoms with Crippen molar-refractivity contribution >= 4 is 28.9 Å². The molecule has 4 nitrogen and oxygen atoms in total. The van der Waals surface area contributed by atoms with Gasteiger partial charge < -0.3 is 10.2 Å². The van der Waals surface area contributed by atoms with E-state index in [2.05, 4.69) is 4.98 Å². The van der Waals surface area contributed by atoms with E-state index in [1.165, 1.54) is 0 Å². The molecule has 0 bridgehead atoms. The molecule has 0 aliphatic rings. The van der Waals surface area contributed by atoms with E-state index in [1.54, 1.807) is 12.1 Å². The van der Waals surface area contributed by atoms with Crippen LogP contribution in [0.3, 0.4) is 0 Å². The van der Waals surface area contributed by atoms with Crippen LogP contribution in [0, 0.1) is 0 Å². The Morgan fingerprint density at radius 3 is 2.53 bits per heavy atom. The van der Waals surface area contributed by atoms with Gasteiger partial charge in [0.25, 0.3) is 0 Å². The summed E-state index contributed by atoms with van der Waals surface area (Å²) in [7, 11) is 0. The molecule has 0 unspecified atom stereocenters. The van der Waals surface area contributed by atoms with Crippen LogP contribution in [0.4, 0.5) is 0 Å². The minimum absolute atomic E-state index is 0.131. The Balaban J connectivity index is 2.22. The zero-order chi connectivity index (χ0) is 12.4. The number of benzene rings is 1. The fraction of sp³-hybridized carbons (Fsp3) is 0.0909. The van der Waals surface area contributed by atoms with Gasteiger partial charge in [-0.15, -0.1) is 11.3 Å². The summed E-state index contributed by atoms with van der Waals surface area (Å²) in [5.41, 5.74) is 0.958. The average molecular weight is 270 g/mol. The van der Waals surface area contributed by atoms with Gasteiger partial charge in [0.1, 0.15) is 5.01 Å². The van der Waals surface area contributed by atoms with Gasteiger partial charge in [-0.05, 0) is 17.7 Å². The van der Waals surface area contributed by atoms with E-state index < -0.39 is 11.8 Å². The molecule has 0 aliphatic carbocycles. The zero-order valence-corrected chi connectivity index (χ0v) is 10.1. The highest BCUT2D eigenvalue weighted by Gasteiger charge is 2.16. The lowest BCUT2D eigenvalue weighted by molar-refractivity contribution is 0.0699. The lowest BCUT2D eigenvalue weighted by Gasteiger charge is -1.97. The molecule has 2 N–H and O–H groups in total. The van der Waals surface area contributed by atoms with Gasteiger partial charge in [0.2, 0.25) is 5.88 Å². The van der Waals surface area contributed by atoms with E-state index in [0.29, 0.717) is 16.5 Å². The third-order valence-corrected chi connectivity index (χ3v) is 3.40. The molecule has 1 aromatic heterocycles. The summed E-state index contributed by atoms with van der Waals surface area (Å²) in [4.78, 5) is 14.4. The first-order valence-corrected chi connectivity index (χ1v) is 5.92. The smallest absolute Gasteiger partial charge is 0.351 e.